The molecule has 4 aliphatic rings. The van der Waals surface area contributed by atoms with Crippen LogP contribution in [0.1, 0.15) is 65.7 Å². The van der Waals surface area contributed by atoms with Gasteiger partial charge in [0.05, 0.1) is 6.42 Å². The molecule has 4 fully saturated rings. The Balaban J connectivity index is 1.79. The Labute approximate surface area is 116 Å². The summed E-state index contributed by atoms with van der Waals surface area (Å²) in [6.07, 6.45) is 8.14. The summed E-state index contributed by atoms with van der Waals surface area (Å²) in [6.45, 7) is 6.93. The zero-order valence-corrected chi connectivity index (χ0v) is 12.5. The fourth-order valence-electron chi connectivity index (χ4n) is 6.44. The molecule has 0 aromatic carbocycles. The van der Waals surface area contributed by atoms with Crippen molar-refractivity contribution < 1.29 is 9.90 Å². The number of carboxylic acids is 1. The van der Waals surface area contributed by atoms with Crippen LogP contribution in [0, 0.1) is 16.7 Å². The van der Waals surface area contributed by atoms with Crippen molar-refractivity contribution in [2.45, 2.75) is 77.3 Å². The summed E-state index contributed by atoms with van der Waals surface area (Å²) in [7, 11) is 0. The van der Waals surface area contributed by atoms with E-state index >= 15 is 0 Å². The van der Waals surface area contributed by atoms with E-state index in [0.29, 0.717) is 10.8 Å². The van der Waals surface area contributed by atoms with Crippen molar-refractivity contribution in [3.05, 3.63) is 0 Å². The molecule has 4 rings (SSSR count). The van der Waals surface area contributed by atoms with Gasteiger partial charge in [0.15, 0.2) is 0 Å². The molecule has 4 saturated carbocycles. The van der Waals surface area contributed by atoms with E-state index < -0.39 is 5.97 Å². The van der Waals surface area contributed by atoms with E-state index in [1.54, 1.807) is 0 Å². The summed E-state index contributed by atoms with van der Waals surface area (Å²) >= 11 is 0. The number of rotatable bonds is 4. The average molecular weight is 265 g/mol. The zero-order chi connectivity index (χ0) is 13.9. The lowest BCUT2D eigenvalue weighted by Crippen LogP contribution is -2.65. The maximum absolute atomic E-state index is 10.9. The van der Waals surface area contributed by atoms with E-state index in [1.807, 2.05) is 6.92 Å². The average Bonchev–Trinajstić information content (AvgIpc) is 2.06. The molecular formula is C16H27NO2. The summed E-state index contributed by atoms with van der Waals surface area (Å²) in [5, 5.41) is 12.7. The van der Waals surface area contributed by atoms with Gasteiger partial charge in [-0.3, -0.25) is 4.79 Å². The van der Waals surface area contributed by atoms with Crippen molar-refractivity contribution in [1.82, 2.24) is 5.32 Å². The highest BCUT2D eigenvalue weighted by Gasteiger charge is 2.60. The second-order valence-electron chi connectivity index (χ2n) is 8.55. The molecule has 0 saturated heterocycles. The Bertz CT molecular complexity index is 388. The molecule has 2 N–H and O–H groups in total. The molecule has 108 valence electrons. The van der Waals surface area contributed by atoms with Crippen molar-refractivity contribution in [3.8, 4) is 0 Å². The third kappa shape index (κ3) is 2.42. The maximum Gasteiger partial charge on any atom is 0.304 e. The normalized spacial score (nSPS) is 49.3. The highest BCUT2D eigenvalue weighted by atomic mass is 16.4. The van der Waals surface area contributed by atoms with Crippen LogP contribution in [0.15, 0.2) is 0 Å². The van der Waals surface area contributed by atoms with Crippen LogP contribution in [0.5, 0.6) is 0 Å². The van der Waals surface area contributed by atoms with Crippen LogP contribution in [0.2, 0.25) is 0 Å². The fourth-order valence-corrected chi connectivity index (χ4v) is 6.44. The monoisotopic (exact) mass is 265 g/mol. The van der Waals surface area contributed by atoms with E-state index in [0.717, 1.165) is 5.92 Å². The molecule has 3 nitrogen and oxygen atoms in total. The second-order valence-corrected chi connectivity index (χ2v) is 8.55. The molecular weight excluding hydrogens is 238 g/mol. The van der Waals surface area contributed by atoms with Gasteiger partial charge in [-0.1, -0.05) is 13.8 Å². The van der Waals surface area contributed by atoms with Crippen LogP contribution in [0.4, 0.5) is 0 Å². The van der Waals surface area contributed by atoms with E-state index in [1.165, 1.54) is 38.5 Å². The molecule has 3 unspecified atom stereocenters. The highest BCUT2D eigenvalue weighted by Crippen LogP contribution is 2.66. The Kier molecular flexibility index (Phi) is 2.80. The van der Waals surface area contributed by atoms with Crippen LogP contribution in [-0.2, 0) is 4.79 Å². The Morgan fingerprint density at radius 2 is 1.79 bits per heavy atom. The van der Waals surface area contributed by atoms with Crippen molar-refractivity contribution in [2.24, 2.45) is 16.7 Å². The van der Waals surface area contributed by atoms with Crippen LogP contribution < -0.4 is 5.32 Å². The molecule has 4 aliphatic carbocycles. The smallest absolute Gasteiger partial charge is 0.304 e. The van der Waals surface area contributed by atoms with E-state index in [9.17, 15) is 4.79 Å². The number of carbonyl (C=O) groups is 1. The van der Waals surface area contributed by atoms with Gasteiger partial charge in [0, 0.05) is 11.6 Å². The molecule has 0 radical (unpaired) electrons. The SMILES string of the molecule is CC(CC(=O)O)NC12CC3CC(C)(CC(C)(C3)C1)C2. The summed E-state index contributed by atoms with van der Waals surface area (Å²) < 4.78 is 0. The lowest BCUT2D eigenvalue weighted by Gasteiger charge is -2.66. The molecule has 3 heteroatoms. The van der Waals surface area contributed by atoms with Crippen LogP contribution in [0.3, 0.4) is 0 Å². The summed E-state index contributed by atoms with van der Waals surface area (Å²) in [6, 6.07) is 0.0842. The topological polar surface area (TPSA) is 49.3 Å². The van der Waals surface area contributed by atoms with Crippen LogP contribution in [-0.4, -0.2) is 22.7 Å². The molecule has 4 bridgehead atoms. The second kappa shape index (κ2) is 3.97. The Hall–Kier alpha value is -0.570. The van der Waals surface area contributed by atoms with Gasteiger partial charge in [-0.25, -0.2) is 0 Å². The molecule has 0 amide bonds. The minimum absolute atomic E-state index is 0.0842. The van der Waals surface area contributed by atoms with Gasteiger partial charge in [0.1, 0.15) is 0 Å². The number of aliphatic carboxylic acids is 1. The minimum atomic E-state index is -0.692. The van der Waals surface area contributed by atoms with Gasteiger partial charge >= 0.3 is 5.97 Å². The molecule has 0 heterocycles. The third-order valence-corrected chi connectivity index (χ3v) is 5.66. The molecule has 0 aromatic heterocycles. The Morgan fingerprint density at radius 3 is 2.26 bits per heavy atom. The summed E-state index contributed by atoms with van der Waals surface area (Å²) in [4.78, 5) is 10.9. The first kappa shape index (κ1) is 13.4. The molecule has 0 aliphatic heterocycles. The molecule has 3 atom stereocenters. The maximum atomic E-state index is 10.9. The minimum Gasteiger partial charge on any atom is -0.481 e. The predicted molar refractivity (Wildman–Crippen MR) is 75.0 cm³/mol. The highest BCUT2D eigenvalue weighted by molar-refractivity contribution is 5.67. The van der Waals surface area contributed by atoms with Crippen LogP contribution >= 0.6 is 0 Å². The number of hydrogen-bond acceptors (Lipinski definition) is 2. The zero-order valence-electron chi connectivity index (χ0n) is 12.5. The predicted octanol–water partition coefficient (Wildman–Crippen LogP) is 3.19. The number of carboxylic acid groups (broad SMARTS) is 1. The quantitative estimate of drug-likeness (QED) is 0.820. The fraction of sp³-hybridized carbons (Fsp3) is 0.938. The van der Waals surface area contributed by atoms with E-state index in [4.69, 9.17) is 5.11 Å². The van der Waals surface area contributed by atoms with Gasteiger partial charge in [-0.15, -0.1) is 0 Å². The summed E-state index contributed by atoms with van der Waals surface area (Å²) in [5.74, 6) is 0.165. The Morgan fingerprint density at radius 1 is 1.21 bits per heavy atom. The van der Waals surface area contributed by atoms with Gasteiger partial charge < -0.3 is 10.4 Å². The number of hydrogen-bond donors (Lipinski definition) is 2. The molecule has 0 aromatic rings. The molecule has 19 heavy (non-hydrogen) atoms. The van der Waals surface area contributed by atoms with Gasteiger partial charge in [-0.2, -0.15) is 0 Å². The third-order valence-electron chi connectivity index (χ3n) is 5.66. The van der Waals surface area contributed by atoms with Gasteiger partial charge in [0.25, 0.3) is 0 Å². The summed E-state index contributed by atoms with van der Waals surface area (Å²) in [5.41, 5.74) is 1.20. The van der Waals surface area contributed by atoms with E-state index in [-0.39, 0.29) is 18.0 Å². The lowest BCUT2D eigenvalue weighted by molar-refractivity contribution is -0.139. The number of nitrogens with one attached hydrogen (secondary N) is 1. The lowest BCUT2D eigenvalue weighted by atomic mass is 9.42. The first-order valence-corrected chi connectivity index (χ1v) is 7.71. The van der Waals surface area contributed by atoms with Gasteiger partial charge in [-0.05, 0) is 62.2 Å². The van der Waals surface area contributed by atoms with Crippen molar-refractivity contribution >= 4 is 5.97 Å². The standard InChI is InChI=1S/C16H27NO2/c1-11(4-13(18)19)17-16-7-12-5-14(2,9-16)8-15(3,6-12)10-16/h11-12,17H,4-10H2,1-3H3,(H,18,19). The van der Waals surface area contributed by atoms with E-state index in [2.05, 4.69) is 19.2 Å². The first-order chi connectivity index (χ1) is 8.72. The largest absolute Gasteiger partial charge is 0.481 e. The van der Waals surface area contributed by atoms with Crippen LogP contribution in [0.25, 0.3) is 0 Å². The first-order valence-electron chi connectivity index (χ1n) is 7.71. The van der Waals surface area contributed by atoms with Crippen molar-refractivity contribution in [2.75, 3.05) is 0 Å². The van der Waals surface area contributed by atoms with Gasteiger partial charge in [0.2, 0.25) is 0 Å². The molecule has 0 spiro atoms. The van der Waals surface area contributed by atoms with Crippen molar-refractivity contribution in [3.63, 3.8) is 0 Å². The van der Waals surface area contributed by atoms with Crippen molar-refractivity contribution in [1.29, 1.82) is 0 Å².